The van der Waals surface area contributed by atoms with Crippen molar-refractivity contribution in [1.29, 1.82) is 0 Å². The highest BCUT2D eigenvalue weighted by atomic mass is 79.9. The third kappa shape index (κ3) is 5.49. The van der Waals surface area contributed by atoms with Gasteiger partial charge in [0, 0.05) is 40.9 Å². The first-order chi connectivity index (χ1) is 13.9. The molecule has 3 rings (SSSR count). The number of carbonyl (C=O) groups excluding carboxylic acids is 2. The Labute approximate surface area is 186 Å². The normalized spacial score (nSPS) is 16.4. The van der Waals surface area contributed by atoms with Crippen molar-refractivity contribution in [3.63, 3.8) is 0 Å². The van der Waals surface area contributed by atoms with E-state index in [0.29, 0.717) is 31.2 Å². The van der Waals surface area contributed by atoms with Crippen molar-refractivity contribution in [3.8, 4) is 0 Å². The van der Waals surface area contributed by atoms with Crippen molar-refractivity contribution in [2.24, 2.45) is 0 Å². The van der Waals surface area contributed by atoms with Gasteiger partial charge in [-0.1, -0.05) is 23.7 Å². The quantitative estimate of drug-likeness (QED) is 0.561. The van der Waals surface area contributed by atoms with Crippen LogP contribution in [0.15, 0.2) is 40.2 Å². The molecule has 156 valence electrons. The second-order valence-electron chi connectivity index (χ2n) is 6.60. The molecule has 2 heterocycles. The number of halogens is 2. The van der Waals surface area contributed by atoms with Crippen LogP contribution in [0.2, 0.25) is 5.02 Å². The molecule has 2 amide bonds. The molecule has 2 aromatic rings. The van der Waals surface area contributed by atoms with Crippen molar-refractivity contribution >= 4 is 56.4 Å². The highest BCUT2D eigenvalue weighted by Crippen LogP contribution is 2.26. The fraction of sp³-hybridized carbons (Fsp3) is 0.368. The van der Waals surface area contributed by atoms with E-state index in [2.05, 4.69) is 26.1 Å². The van der Waals surface area contributed by atoms with Gasteiger partial charge in [-0.15, -0.1) is 11.3 Å². The van der Waals surface area contributed by atoms with E-state index in [1.54, 1.807) is 0 Å². The Bertz CT molecular complexity index is 873. The number of hydrogen-bond acceptors (Lipinski definition) is 6. The number of para-hydroxylation sites is 1. The highest BCUT2D eigenvalue weighted by molar-refractivity contribution is 9.10. The number of piperazine rings is 1. The van der Waals surface area contributed by atoms with Crippen LogP contribution in [0.4, 0.5) is 5.69 Å². The van der Waals surface area contributed by atoms with Gasteiger partial charge in [0.15, 0.2) is 12.2 Å². The van der Waals surface area contributed by atoms with E-state index in [4.69, 9.17) is 11.6 Å². The Morgan fingerprint density at radius 1 is 1.17 bits per heavy atom. The van der Waals surface area contributed by atoms with E-state index < -0.39 is 24.0 Å². The van der Waals surface area contributed by atoms with Gasteiger partial charge >= 0.3 is 0 Å². The number of aliphatic hydroxyl groups is 2. The van der Waals surface area contributed by atoms with Crippen molar-refractivity contribution in [2.45, 2.75) is 18.8 Å². The summed E-state index contributed by atoms with van der Waals surface area (Å²) in [6, 6.07) is 9.31. The lowest BCUT2D eigenvalue weighted by molar-refractivity contribution is -0.153. The molecule has 1 aliphatic heterocycles. The monoisotopic (exact) mass is 501 g/mol. The fourth-order valence-corrected chi connectivity index (χ4v) is 4.71. The molecule has 1 fully saturated rings. The third-order valence-electron chi connectivity index (χ3n) is 4.66. The number of amides is 2. The van der Waals surface area contributed by atoms with Crippen LogP contribution in [0.3, 0.4) is 0 Å². The summed E-state index contributed by atoms with van der Waals surface area (Å²) >= 11 is 11.0. The number of nitrogens with one attached hydrogen (secondary N) is 1. The number of thiophene rings is 1. The first kappa shape index (κ1) is 22.0. The summed E-state index contributed by atoms with van der Waals surface area (Å²) in [6.07, 6.45) is -3.63. The standard InChI is InChI=1S/C19H21BrClN3O4S/c20-12-9-13(29-11-12)10-22-18(27)16(25)17(26)19(28)24-7-5-23(6-8-24)15-4-2-1-3-14(15)21/h1-4,9,11,16-17,25-26H,5-8,10H2,(H,22,27)/t16-,17-/m1/s1. The molecule has 7 nitrogen and oxygen atoms in total. The molecule has 0 radical (unpaired) electrons. The van der Waals surface area contributed by atoms with Gasteiger partial charge in [-0.25, -0.2) is 0 Å². The molecule has 1 saturated heterocycles. The number of rotatable bonds is 6. The zero-order valence-electron chi connectivity index (χ0n) is 15.4. The van der Waals surface area contributed by atoms with Crippen molar-refractivity contribution in [2.75, 3.05) is 31.1 Å². The number of aliphatic hydroxyl groups excluding tert-OH is 2. The van der Waals surface area contributed by atoms with Gasteiger partial charge in [-0.2, -0.15) is 0 Å². The van der Waals surface area contributed by atoms with E-state index in [9.17, 15) is 19.8 Å². The predicted molar refractivity (Wildman–Crippen MR) is 116 cm³/mol. The van der Waals surface area contributed by atoms with Crippen molar-refractivity contribution in [3.05, 3.63) is 50.1 Å². The SMILES string of the molecule is O=C(NCc1cc(Br)cs1)[C@H](O)[C@@H](O)C(=O)N1CCN(c2ccccc2Cl)CC1. The molecule has 0 spiro atoms. The Morgan fingerprint density at radius 2 is 1.86 bits per heavy atom. The summed E-state index contributed by atoms with van der Waals surface area (Å²) in [5, 5.41) is 25.3. The number of benzene rings is 1. The van der Waals surface area contributed by atoms with Crippen LogP contribution in [0.25, 0.3) is 0 Å². The van der Waals surface area contributed by atoms with Crippen LogP contribution in [-0.4, -0.2) is 65.3 Å². The third-order valence-corrected chi connectivity index (χ3v) is 6.68. The number of hydrogen-bond donors (Lipinski definition) is 3. The molecular weight excluding hydrogens is 482 g/mol. The maximum absolute atomic E-state index is 12.5. The van der Waals surface area contributed by atoms with Crippen LogP contribution in [-0.2, 0) is 16.1 Å². The lowest BCUT2D eigenvalue weighted by Crippen LogP contribution is -2.55. The Morgan fingerprint density at radius 3 is 2.48 bits per heavy atom. The van der Waals surface area contributed by atoms with Gasteiger partial charge < -0.3 is 25.3 Å². The summed E-state index contributed by atoms with van der Waals surface area (Å²) < 4.78 is 0.901. The average molecular weight is 503 g/mol. The summed E-state index contributed by atoms with van der Waals surface area (Å²) in [4.78, 5) is 29.0. The Balaban J connectivity index is 1.50. The van der Waals surface area contributed by atoms with E-state index in [1.807, 2.05) is 35.7 Å². The van der Waals surface area contributed by atoms with Crippen molar-refractivity contribution in [1.82, 2.24) is 10.2 Å². The molecule has 0 unspecified atom stereocenters. The van der Waals surface area contributed by atoms with Crippen LogP contribution in [0.1, 0.15) is 4.88 Å². The summed E-state index contributed by atoms with van der Waals surface area (Å²) in [7, 11) is 0. The van der Waals surface area contributed by atoms with E-state index >= 15 is 0 Å². The minimum Gasteiger partial charge on any atom is -0.380 e. The molecule has 3 N–H and O–H groups in total. The number of anilines is 1. The van der Waals surface area contributed by atoms with E-state index in [0.717, 1.165) is 15.0 Å². The largest absolute Gasteiger partial charge is 0.380 e. The van der Waals surface area contributed by atoms with Crippen LogP contribution in [0.5, 0.6) is 0 Å². The Kier molecular flexibility index (Phi) is 7.53. The predicted octanol–water partition coefficient (Wildman–Crippen LogP) is 1.85. The molecule has 0 bridgehead atoms. The summed E-state index contributed by atoms with van der Waals surface area (Å²) in [5.74, 6) is -1.45. The number of carbonyl (C=O) groups is 2. The maximum Gasteiger partial charge on any atom is 0.254 e. The molecule has 10 heteroatoms. The molecule has 2 atom stereocenters. The molecule has 1 aliphatic rings. The summed E-state index contributed by atoms with van der Waals surface area (Å²) in [5.41, 5.74) is 0.890. The van der Waals surface area contributed by atoms with Gasteiger partial charge in [-0.3, -0.25) is 9.59 Å². The number of nitrogens with zero attached hydrogens (tertiary/aromatic N) is 2. The van der Waals surface area contributed by atoms with Gasteiger partial charge in [0.25, 0.3) is 11.8 Å². The zero-order valence-corrected chi connectivity index (χ0v) is 18.6. The van der Waals surface area contributed by atoms with Gasteiger partial charge in [0.05, 0.1) is 17.3 Å². The van der Waals surface area contributed by atoms with Crippen molar-refractivity contribution < 1.29 is 19.8 Å². The molecule has 29 heavy (non-hydrogen) atoms. The first-order valence-electron chi connectivity index (χ1n) is 9.02. The molecule has 1 aromatic heterocycles. The minimum atomic E-state index is -1.83. The van der Waals surface area contributed by atoms with Gasteiger partial charge in [-0.05, 0) is 34.1 Å². The minimum absolute atomic E-state index is 0.212. The molecule has 1 aromatic carbocycles. The van der Waals surface area contributed by atoms with Crippen LogP contribution < -0.4 is 10.2 Å². The van der Waals surface area contributed by atoms with Crippen LogP contribution in [0, 0.1) is 0 Å². The lowest BCUT2D eigenvalue weighted by Gasteiger charge is -2.37. The summed E-state index contributed by atoms with van der Waals surface area (Å²) in [6.45, 7) is 2.01. The fourth-order valence-electron chi connectivity index (χ4n) is 3.07. The zero-order chi connectivity index (χ0) is 21.0. The molecular formula is C19H21BrClN3O4S. The van der Waals surface area contributed by atoms with Crippen LogP contribution >= 0.6 is 38.9 Å². The lowest BCUT2D eigenvalue weighted by atomic mass is 10.1. The second kappa shape index (κ2) is 9.90. The Hall–Kier alpha value is -1.65. The van der Waals surface area contributed by atoms with E-state index in [1.165, 1.54) is 16.2 Å². The van der Waals surface area contributed by atoms with Gasteiger partial charge in [0.1, 0.15) is 0 Å². The topological polar surface area (TPSA) is 93.1 Å². The maximum atomic E-state index is 12.5. The highest BCUT2D eigenvalue weighted by Gasteiger charge is 2.34. The molecule has 0 saturated carbocycles. The molecule has 0 aliphatic carbocycles. The first-order valence-corrected chi connectivity index (χ1v) is 11.1. The average Bonchev–Trinajstić information content (AvgIpc) is 3.16. The second-order valence-corrected chi connectivity index (χ2v) is 8.92. The smallest absolute Gasteiger partial charge is 0.254 e. The van der Waals surface area contributed by atoms with Gasteiger partial charge in [0.2, 0.25) is 0 Å². The van der Waals surface area contributed by atoms with E-state index in [-0.39, 0.29) is 6.54 Å².